The fourth-order valence-electron chi connectivity index (χ4n) is 2.61. The summed E-state index contributed by atoms with van der Waals surface area (Å²) >= 11 is 0. The smallest absolute Gasteiger partial charge is 0.243 e. The molecule has 0 saturated carbocycles. The summed E-state index contributed by atoms with van der Waals surface area (Å²) in [5, 5.41) is 7.93. The lowest BCUT2D eigenvalue weighted by atomic mass is 10.0. The number of fused-ring (bicyclic) bond motifs is 3. The number of benzene rings is 1. The van der Waals surface area contributed by atoms with E-state index in [0.717, 1.165) is 22.4 Å². The first kappa shape index (κ1) is 11.2. The van der Waals surface area contributed by atoms with E-state index in [9.17, 15) is 0 Å². The summed E-state index contributed by atoms with van der Waals surface area (Å²) in [6.07, 6.45) is 3.66. The quantitative estimate of drug-likeness (QED) is 0.496. The Hall–Kier alpha value is -2.69. The van der Waals surface area contributed by atoms with Crippen molar-refractivity contribution in [2.45, 2.75) is 6.92 Å². The van der Waals surface area contributed by atoms with Gasteiger partial charge in [-0.15, -0.1) is 5.10 Å². The monoisotopic (exact) mass is 265 g/mol. The molecule has 0 fully saturated rings. The molecule has 0 atom stereocenters. The van der Waals surface area contributed by atoms with Crippen LogP contribution < -0.4 is 4.57 Å². The van der Waals surface area contributed by atoms with Crippen molar-refractivity contribution in [3.8, 4) is 11.3 Å². The topological polar surface area (TPSA) is 47.2 Å². The average molecular weight is 265 g/mol. The van der Waals surface area contributed by atoms with Gasteiger partial charge in [-0.25, -0.2) is 4.57 Å². The highest BCUT2D eigenvalue weighted by atomic mass is 16.3. The van der Waals surface area contributed by atoms with Crippen molar-refractivity contribution < 1.29 is 8.98 Å². The van der Waals surface area contributed by atoms with Gasteiger partial charge in [-0.2, -0.15) is 4.52 Å². The molecule has 0 aliphatic carbocycles. The normalized spacial score (nSPS) is 11.5. The van der Waals surface area contributed by atoms with Crippen molar-refractivity contribution in [3.05, 3.63) is 48.3 Å². The molecule has 0 aliphatic rings. The van der Waals surface area contributed by atoms with Crippen LogP contribution in [0.15, 0.2) is 47.1 Å². The molecule has 3 aromatic heterocycles. The van der Waals surface area contributed by atoms with Crippen LogP contribution in [0, 0.1) is 6.92 Å². The van der Waals surface area contributed by atoms with Gasteiger partial charge in [-0.05, 0) is 24.6 Å². The van der Waals surface area contributed by atoms with E-state index in [2.05, 4.69) is 33.9 Å². The molecule has 98 valence electrons. The van der Waals surface area contributed by atoms with Gasteiger partial charge in [0, 0.05) is 12.1 Å². The lowest BCUT2D eigenvalue weighted by Crippen LogP contribution is -2.30. The Kier molecular flexibility index (Phi) is 2.18. The first-order chi connectivity index (χ1) is 9.75. The second-order valence-corrected chi connectivity index (χ2v) is 4.89. The molecule has 3 heterocycles. The van der Waals surface area contributed by atoms with E-state index in [4.69, 9.17) is 4.42 Å². The molecule has 0 spiro atoms. The minimum Gasteiger partial charge on any atom is -0.434 e. The summed E-state index contributed by atoms with van der Waals surface area (Å²) in [6.45, 7) is 2.09. The molecule has 4 aromatic rings. The van der Waals surface area contributed by atoms with Crippen LogP contribution >= 0.6 is 0 Å². The van der Waals surface area contributed by atoms with E-state index >= 15 is 0 Å². The van der Waals surface area contributed by atoms with Crippen LogP contribution in [0.5, 0.6) is 0 Å². The summed E-state index contributed by atoms with van der Waals surface area (Å²) < 4.78 is 9.75. The number of aromatic nitrogens is 4. The molecule has 0 aliphatic heterocycles. The highest BCUT2D eigenvalue weighted by molar-refractivity contribution is 5.92. The zero-order valence-corrected chi connectivity index (χ0v) is 11.2. The zero-order valence-electron chi connectivity index (χ0n) is 11.2. The maximum absolute atomic E-state index is 5.94. The van der Waals surface area contributed by atoms with Crippen LogP contribution in [0.25, 0.3) is 28.1 Å². The molecule has 1 aromatic carbocycles. The molecule has 5 nitrogen and oxygen atoms in total. The highest BCUT2D eigenvalue weighted by Crippen LogP contribution is 2.31. The number of aryl methyl sites for hydroxylation is 2. The minimum absolute atomic E-state index is 0.658. The van der Waals surface area contributed by atoms with E-state index in [1.165, 1.54) is 5.56 Å². The third kappa shape index (κ3) is 1.40. The van der Waals surface area contributed by atoms with E-state index in [-0.39, 0.29) is 0 Å². The van der Waals surface area contributed by atoms with Gasteiger partial charge >= 0.3 is 0 Å². The van der Waals surface area contributed by atoms with Gasteiger partial charge in [0.1, 0.15) is 18.8 Å². The van der Waals surface area contributed by atoms with Gasteiger partial charge in [0.05, 0.1) is 5.56 Å². The Morgan fingerprint density at radius 3 is 2.95 bits per heavy atom. The third-order valence-electron chi connectivity index (χ3n) is 3.61. The predicted octanol–water partition coefficient (Wildman–Crippen LogP) is 2.28. The third-order valence-corrected chi connectivity index (χ3v) is 3.61. The maximum Gasteiger partial charge on any atom is 0.243 e. The maximum atomic E-state index is 5.94. The van der Waals surface area contributed by atoms with Crippen molar-refractivity contribution in [2.24, 2.45) is 7.05 Å². The summed E-state index contributed by atoms with van der Waals surface area (Å²) in [6, 6.07) is 10.2. The Bertz CT molecular complexity index is 936. The van der Waals surface area contributed by atoms with Crippen molar-refractivity contribution in [1.29, 1.82) is 0 Å². The zero-order chi connectivity index (χ0) is 13.7. The molecule has 20 heavy (non-hydrogen) atoms. The Balaban J connectivity index is 2.17. The minimum atomic E-state index is 0.658. The lowest BCUT2D eigenvalue weighted by Gasteiger charge is -2.04. The molecule has 0 saturated heterocycles. The number of nitrogens with zero attached hydrogens (tertiary/aromatic N) is 4. The Labute approximate surface area is 115 Å². The molecular weight excluding hydrogens is 252 g/mol. The van der Waals surface area contributed by atoms with Crippen LogP contribution in [0.3, 0.4) is 0 Å². The van der Waals surface area contributed by atoms with Crippen molar-refractivity contribution in [1.82, 2.24) is 14.8 Å². The van der Waals surface area contributed by atoms with Gasteiger partial charge in [-0.3, -0.25) is 0 Å². The van der Waals surface area contributed by atoms with Crippen molar-refractivity contribution >= 4 is 16.8 Å². The first-order valence-electron chi connectivity index (χ1n) is 6.43. The van der Waals surface area contributed by atoms with E-state index in [1.807, 2.05) is 31.4 Å². The molecule has 4 rings (SSSR count). The van der Waals surface area contributed by atoms with Crippen LogP contribution in [0.2, 0.25) is 0 Å². The van der Waals surface area contributed by atoms with Crippen molar-refractivity contribution in [3.63, 3.8) is 0 Å². The van der Waals surface area contributed by atoms with Gasteiger partial charge in [0.2, 0.25) is 11.4 Å². The number of hydrogen-bond donors (Lipinski definition) is 0. The van der Waals surface area contributed by atoms with E-state index in [0.29, 0.717) is 5.71 Å². The Morgan fingerprint density at radius 2 is 2.10 bits per heavy atom. The lowest BCUT2D eigenvalue weighted by molar-refractivity contribution is -0.660. The number of hydrogen-bond acceptors (Lipinski definition) is 3. The van der Waals surface area contributed by atoms with Crippen LogP contribution in [-0.2, 0) is 7.05 Å². The largest absolute Gasteiger partial charge is 0.434 e. The first-order valence-corrected chi connectivity index (χ1v) is 6.43. The molecular formula is C15H13N4O+. The Morgan fingerprint density at radius 1 is 1.20 bits per heavy atom. The second kappa shape index (κ2) is 3.90. The van der Waals surface area contributed by atoms with Crippen LogP contribution in [0.4, 0.5) is 0 Å². The fourth-order valence-corrected chi connectivity index (χ4v) is 2.61. The molecule has 0 unspecified atom stereocenters. The molecule has 5 heteroatoms. The van der Waals surface area contributed by atoms with Crippen molar-refractivity contribution in [2.75, 3.05) is 0 Å². The average Bonchev–Trinajstić information content (AvgIpc) is 3.00. The predicted molar refractivity (Wildman–Crippen MR) is 74.1 cm³/mol. The summed E-state index contributed by atoms with van der Waals surface area (Å²) in [5.41, 5.74) is 5.81. The number of rotatable bonds is 1. The number of oxazole rings is 1. The molecule has 0 bridgehead atoms. The van der Waals surface area contributed by atoms with Crippen LogP contribution in [-0.4, -0.2) is 14.8 Å². The second-order valence-electron chi connectivity index (χ2n) is 4.89. The SMILES string of the molecule is Cc1ccc2c(oc3cnnn32)c1-c1cccc[n+]1C. The highest BCUT2D eigenvalue weighted by Gasteiger charge is 2.20. The van der Waals surface area contributed by atoms with Gasteiger partial charge in [-0.1, -0.05) is 11.3 Å². The fraction of sp³-hybridized carbons (Fsp3) is 0.133. The van der Waals surface area contributed by atoms with Crippen LogP contribution in [0.1, 0.15) is 5.56 Å². The van der Waals surface area contributed by atoms with Gasteiger partial charge in [0.15, 0.2) is 11.8 Å². The van der Waals surface area contributed by atoms with E-state index < -0.39 is 0 Å². The van der Waals surface area contributed by atoms with Gasteiger partial charge < -0.3 is 4.42 Å². The van der Waals surface area contributed by atoms with E-state index in [1.54, 1.807) is 10.7 Å². The summed E-state index contributed by atoms with van der Waals surface area (Å²) in [4.78, 5) is 0. The standard InChI is InChI=1S/C15H13N4O/c1-10-6-7-12-15(20-13-9-16-17-19(12)13)14(10)11-5-3-4-8-18(11)2/h3-9H,1-2H3/q+1. The molecule has 0 amide bonds. The molecule has 0 N–H and O–H groups in total. The summed E-state index contributed by atoms with van der Waals surface area (Å²) in [7, 11) is 2.03. The molecule has 0 radical (unpaired) electrons. The number of pyridine rings is 1. The van der Waals surface area contributed by atoms with Gasteiger partial charge in [0.25, 0.3) is 0 Å². The summed E-state index contributed by atoms with van der Waals surface area (Å²) in [5.74, 6) is 0.